The van der Waals surface area contributed by atoms with Crippen molar-refractivity contribution in [2.24, 2.45) is 17.8 Å². The maximum absolute atomic E-state index is 13.4. The molecule has 3 aliphatic rings. The van der Waals surface area contributed by atoms with Crippen LogP contribution in [0.1, 0.15) is 43.7 Å². The van der Waals surface area contributed by atoms with Gasteiger partial charge in [-0.2, -0.15) is 18.4 Å². The Balaban J connectivity index is 1.47. The largest absolute Gasteiger partial charge is 0.417 e. The predicted octanol–water partition coefficient (Wildman–Crippen LogP) is 2.97. The highest BCUT2D eigenvalue weighted by Gasteiger charge is 2.46. The second-order valence-electron chi connectivity index (χ2n) is 9.43. The first kappa shape index (κ1) is 24.8. The summed E-state index contributed by atoms with van der Waals surface area (Å²) >= 11 is 0. The van der Waals surface area contributed by atoms with E-state index in [1.165, 1.54) is 16.4 Å². The molecule has 2 aliphatic heterocycles. The zero-order valence-corrected chi connectivity index (χ0v) is 19.8. The summed E-state index contributed by atoms with van der Waals surface area (Å²) in [6.07, 6.45) is -1.41. The molecule has 1 N–H and O–H groups in total. The van der Waals surface area contributed by atoms with E-state index in [1.807, 2.05) is 4.90 Å². The van der Waals surface area contributed by atoms with Gasteiger partial charge in [-0.05, 0) is 62.6 Å². The van der Waals surface area contributed by atoms with E-state index in [9.17, 15) is 26.4 Å². The normalized spacial score (nSPS) is 24.7. The first-order valence-electron chi connectivity index (χ1n) is 11.7. The molecule has 1 aliphatic carbocycles. The Kier molecular flexibility index (Phi) is 6.84. The number of carbonyl (C=O) groups excluding carboxylic acids is 1. The standard InChI is InChI=1S/C23H29F3N4O3S/c1-2-34(32,33)30-13-19(20(14-30)22(31)28-17-4-5-17)15-7-9-29(10-8-15)18-6-3-16(12-27)21(11-18)23(24,25)26/h3,6,11,15,17,19-20H,2,4-5,7-10,13-14H2,1H3,(H,28,31)/t19-,20+/m0/s1. The van der Waals surface area contributed by atoms with E-state index in [0.29, 0.717) is 38.2 Å². The van der Waals surface area contributed by atoms with Gasteiger partial charge in [-0.25, -0.2) is 12.7 Å². The fraction of sp³-hybridized carbons (Fsp3) is 0.652. The average molecular weight is 499 g/mol. The molecule has 3 fully saturated rings. The number of piperidine rings is 1. The monoisotopic (exact) mass is 498 g/mol. The van der Waals surface area contributed by atoms with Crippen LogP contribution < -0.4 is 10.2 Å². The van der Waals surface area contributed by atoms with E-state index < -0.39 is 33.2 Å². The lowest BCUT2D eigenvalue weighted by molar-refractivity contribution is -0.137. The molecule has 11 heteroatoms. The van der Waals surface area contributed by atoms with Gasteiger partial charge in [0.15, 0.2) is 0 Å². The molecule has 0 radical (unpaired) electrons. The minimum atomic E-state index is -4.61. The van der Waals surface area contributed by atoms with Crippen molar-refractivity contribution in [2.75, 3.05) is 36.8 Å². The van der Waals surface area contributed by atoms with Gasteiger partial charge in [-0.15, -0.1) is 0 Å². The maximum atomic E-state index is 13.4. The zero-order chi connectivity index (χ0) is 24.7. The number of alkyl halides is 3. The molecule has 0 spiro atoms. The minimum Gasteiger partial charge on any atom is -0.372 e. The smallest absolute Gasteiger partial charge is 0.372 e. The molecule has 2 heterocycles. The van der Waals surface area contributed by atoms with E-state index >= 15 is 0 Å². The molecule has 1 aromatic rings. The predicted molar refractivity (Wildman–Crippen MR) is 120 cm³/mol. The zero-order valence-electron chi connectivity index (χ0n) is 19.0. The second-order valence-corrected chi connectivity index (χ2v) is 11.7. The summed E-state index contributed by atoms with van der Waals surface area (Å²) in [7, 11) is -3.42. The highest BCUT2D eigenvalue weighted by molar-refractivity contribution is 7.89. The van der Waals surface area contributed by atoms with Crippen molar-refractivity contribution in [1.82, 2.24) is 9.62 Å². The van der Waals surface area contributed by atoms with Crippen LogP contribution in [0.4, 0.5) is 18.9 Å². The number of rotatable bonds is 6. The molecule has 1 saturated carbocycles. The van der Waals surface area contributed by atoms with Gasteiger partial charge in [0, 0.05) is 37.9 Å². The molecule has 0 aromatic heterocycles. The van der Waals surface area contributed by atoms with Gasteiger partial charge in [-0.3, -0.25) is 4.79 Å². The number of hydrogen-bond acceptors (Lipinski definition) is 5. The fourth-order valence-electron chi connectivity index (χ4n) is 5.14. The van der Waals surface area contributed by atoms with Crippen LogP contribution >= 0.6 is 0 Å². The first-order valence-corrected chi connectivity index (χ1v) is 13.3. The first-order chi connectivity index (χ1) is 16.0. The summed E-state index contributed by atoms with van der Waals surface area (Å²) in [6.45, 7) is 3.08. The van der Waals surface area contributed by atoms with Gasteiger partial charge in [0.05, 0.1) is 28.9 Å². The van der Waals surface area contributed by atoms with Crippen LogP contribution in [0.15, 0.2) is 18.2 Å². The third-order valence-electron chi connectivity index (χ3n) is 7.29. The van der Waals surface area contributed by atoms with Crippen molar-refractivity contribution in [3.63, 3.8) is 0 Å². The number of nitrogens with one attached hydrogen (secondary N) is 1. The van der Waals surface area contributed by atoms with Crippen molar-refractivity contribution >= 4 is 21.6 Å². The highest BCUT2D eigenvalue weighted by atomic mass is 32.2. The third-order valence-corrected chi connectivity index (χ3v) is 9.10. The Labute approximate surface area is 197 Å². The van der Waals surface area contributed by atoms with E-state index in [0.717, 1.165) is 18.9 Å². The van der Waals surface area contributed by atoms with Gasteiger partial charge < -0.3 is 10.2 Å². The molecule has 2 atom stereocenters. The average Bonchev–Trinajstić information content (AvgIpc) is 3.50. The Morgan fingerprint density at radius 3 is 2.41 bits per heavy atom. The number of hydrogen-bond donors (Lipinski definition) is 1. The summed E-state index contributed by atoms with van der Waals surface area (Å²) in [5.74, 6) is -0.538. The molecule has 1 amide bonds. The summed E-state index contributed by atoms with van der Waals surface area (Å²) in [4.78, 5) is 14.8. The van der Waals surface area contributed by atoms with Crippen LogP contribution in [0.3, 0.4) is 0 Å². The Bertz CT molecular complexity index is 1070. The van der Waals surface area contributed by atoms with Crippen molar-refractivity contribution in [1.29, 1.82) is 5.26 Å². The molecule has 0 bridgehead atoms. The number of nitrogens with zero attached hydrogens (tertiary/aromatic N) is 3. The maximum Gasteiger partial charge on any atom is 0.417 e. The quantitative estimate of drug-likeness (QED) is 0.651. The van der Waals surface area contributed by atoms with E-state index in [2.05, 4.69) is 5.32 Å². The van der Waals surface area contributed by atoms with Crippen LogP contribution in [-0.2, 0) is 21.0 Å². The number of nitriles is 1. The SMILES string of the molecule is CCS(=O)(=O)N1C[C@@H](C(=O)NC2CC2)[C@H](C2CCN(c3ccc(C#N)c(C(F)(F)F)c3)CC2)C1. The second kappa shape index (κ2) is 9.38. The van der Waals surface area contributed by atoms with Gasteiger partial charge >= 0.3 is 6.18 Å². The third kappa shape index (κ3) is 5.18. The van der Waals surface area contributed by atoms with Crippen LogP contribution in [0.2, 0.25) is 0 Å². The Morgan fingerprint density at radius 2 is 1.85 bits per heavy atom. The summed E-state index contributed by atoms with van der Waals surface area (Å²) < 4.78 is 66.5. The summed E-state index contributed by atoms with van der Waals surface area (Å²) in [6, 6.07) is 5.54. The van der Waals surface area contributed by atoms with Gasteiger partial charge in [0.25, 0.3) is 0 Å². The number of halogens is 3. The van der Waals surface area contributed by atoms with E-state index in [1.54, 1.807) is 13.0 Å². The lowest BCUT2D eigenvalue weighted by Gasteiger charge is -2.37. The Hall–Kier alpha value is -2.32. The molecule has 7 nitrogen and oxygen atoms in total. The Morgan fingerprint density at radius 1 is 1.18 bits per heavy atom. The van der Waals surface area contributed by atoms with E-state index in [-0.39, 0.29) is 36.1 Å². The van der Waals surface area contributed by atoms with Crippen LogP contribution in [0.5, 0.6) is 0 Å². The molecule has 34 heavy (non-hydrogen) atoms. The van der Waals surface area contributed by atoms with Gasteiger partial charge in [-0.1, -0.05) is 0 Å². The summed E-state index contributed by atoms with van der Waals surface area (Å²) in [5, 5.41) is 12.0. The molecular formula is C23H29F3N4O3S. The van der Waals surface area contributed by atoms with Crippen LogP contribution in [-0.4, -0.2) is 56.6 Å². The summed E-state index contributed by atoms with van der Waals surface area (Å²) in [5.41, 5.74) is -0.934. The topological polar surface area (TPSA) is 93.5 Å². The number of amides is 1. The van der Waals surface area contributed by atoms with Crippen molar-refractivity contribution in [2.45, 2.75) is 44.8 Å². The lowest BCUT2D eigenvalue weighted by atomic mass is 9.78. The molecular weight excluding hydrogens is 469 g/mol. The van der Waals surface area contributed by atoms with Crippen LogP contribution in [0, 0.1) is 29.1 Å². The van der Waals surface area contributed by atoms with Gasteiger partial charge in [0.2, 0.25) is 15.9 Å². The van der Waals surface area contributed by atoms with Crippen LogP contribution in [0.25, 0.3) is 0 Å². The highest BCUT2D eigenvalue weighted by Crippen LogP contribution is 2.40. The number of anilines is 1. The van der Waals surface area contributed by atoms with E-state index in [4.69, 9.17) is 5.26 Å². The molecule has 4 rings (SSSR count). The minimum absolute atomic E-state index is 0.0185. The number of carbonyl (C=O) groups is 1. The van der Waals surface area contributed by atoms with Gasteiger partial charge in [0.1, 0.15) is 0 Å². The number of benzene rings is 1. The molecule has 2 saturated heterocycles. The molecule has 1 aromatic carbocycles. The molecule has 0 unspecified atom stereocenters. The number of sulfonamides is 1. The van der Waals surface area contributed by atoms with Crippen molar-refractivity contribution in [3.8, 4) is 6.07 Å². The van der Waals surface area contributed by atoms with Crippen molar-refractivity contribution in [3.05, 3.63) is 29.3 Å². The lowest BCUT2D eigenvalue weighted by Crippen LogP contribution is -2.42. The fourth-order valence-corrected chi connectivity index (χ4v) is 6.29. The molecule has 186 valence electrons. The van der Waals surface area contributed by atoms with Crippen molar-refractivity contribution < 1.29 is 26.4 Å².